The summed E-state index contributed by atoms with van der Waals surface area (Å²) in [6.07, 6.45) is 3.41. The molecule has 0 radical (unpaired) electrons. The van der Waals surface area contributed by atoms with Crippen LogP contribution in [-0.2, 0) is 4.79 Å². The Morgan fingerprint density at radius 1 is 0.913 bits per heavy atom. The molecule has 0 aromatic heterocycles. The van der Waals surface area contributed by atoms with Crippen LogP contribution in [0.1, 0.15) is 5.56 Å². The maximum absolute atomic E-state index is 12.3. The van der Waals surface area contributed by atoms with E-state index in [0.29, 0.717) is 5.69 Å². The van der Waals surface area contributed by atoms with Crippen LogP contribution in [0.15, 0.2) is 60.7 Å². The van der Waals surface area contributed by atoms with Crippen molar-refractivity contribution < 1.29 is 4.79 Å². The molecule has 2 aromatic rings. The molecule has 1 heterocycles. The van der Waals surface area contributed by atoms with Gasteiger partial charge in [-0.3, -0.25) is 4.79 Å². The summed E-state index contributed by atoms with van der Waals surface area (Å²) in [5, 5.41) is 0. The van der Waals surface area contributed by atoms with Crippen molar-refractivity contribution in [2.45, 2.75) is 0 Å². The minimum atomic E-state index is 0.0426. The normalized spacial score (nSPS) is 15.1. The lowest BCUT2D eigenvalue weighted by molar-refractivity contribution is -0.126. The first-order valence-corrected chi connectivity index (χ1v) is 7.85. The van der Waals surface area contributed by atoms with E-state index in [-0.39, 0.29) is 5.91 Å². The standard InChI is InChI=1S/C19H21N3O/c20-18-9-5-4-6-16(18)10-11-19(23)22-14-12-21(13-15-22)17-7-2-1-3-8-17/h1-11H,12-15,20H2/b11-10+. The van der Waals surface area contributed by atoms with Crippen LogP contribution in [0.3, 0.4) is 0 Å². The van der Waals surface area contributed by atoms with Crippen molar-refractivity contribution in [3.8, 4) is 0 Å². The van der Waals surface area contributed by atoms with Gasteiger partial charge in [0.15, 0.2) is 0 Å². The lowest BCUT2D eigenvalue weighted by Crippen LogP contribution is -2.48. The van der Waals surface area contributed by atoms with E-state index in [1.165, 1.54) is 5.69 Å². The molecule has 0 aliphatic carbocycles. The van der Waals surface area contributed by atoms with Crippen molar-refractivity contribution in [2.24, 2.45) is 0 Å². The van der Waals surface area contributed by atoms with Crippen LogP contribution in [0.2, 0.25) is 0 Å². The van der Waals surface area contributed by atoms with Crippen LogP contribution in [0.4, 0.5) is 11.4 Å². The van der Waals surface area contributed by atoms with E-state index < -0.39 is 0 Å². The zero-order valence-corrected chi connectivity index (χ0v) is 13.1. The number of hydrogen-bond donors (Lipinski definition) is 1. The van der Waals surface area contributed by atoms with Gasteiger partial charge >= 0.3 is 0 Å². The third kappa shape index (κ3) is 3.72. The van der Waals surface area contributed by atoms with Crippen molar-refractivity contribution in [1.29, 1.82) is 0 Å². The predicted octanol–water partition coefficient (Wildman–Crippen LogP) is 2.63. The van der Waals surface area contributed by atoms with Gasteiger partial charge in [0.05, 0.1) is 0 Å². The highest BCUT2D eigenvalue weighted by Gasteiger charge is 2.19. The fourth-order valence-corrected chi connectivity index (χ4v) is 2.75. The Morgan fingerprint density at radius 2 is 1.57 bits per heavy atom. The summed E-state index contributed by atoms with van der Waals surface area (Å²) in [7, 11) is 0. The molecule has 3 rings (SSSR count). The monoisotopic (exact) mass is 307 g/mol. The van der Waals surface area contributed by atoms with Crippen molar-refractivity contribution in [2.75, 3.05) is 36.8 Å². The topological polar surface area (TPSA) is 49.6 Å². The number of nitrogen functional groups attached to an aromatic ring is 1. The van der Waals surface area contributed by atoms with E-state index in [4.69, 9.17) is 5.73 Å². The van der Waals surface area contributed by atoms with Gasteiger partial charge in [-0.2, -0.15) is 0 Å². The molecule has 1 aliphatic heterocycles. The Hall–Kier alpha value is -2.75. The highest BCUT2D eigenvalue weighted by molar-refractivity contribution is 5.92. The molecule has 1 saturated heterocycles. The molecule has 1 fully saturated rings. The number of piperazine rings is 1. The quantitative estimate of drug-likeness (QED) is 0.700. The molecule has 4 nitrogen and oxygen atoms in total. The fourth-order valence-electron chi connectivity index (χ4n) is 2.75. The van der Waals surface area contributed by atoms with Gasteiger partial charge in [0.2, 0.25) is 5.91 Å². The molecular formula is C19H21N3O. The molecule has 0 atom stereocenters. The van der Waals surface area contributed by atoms with E-state index in [0.717, 1.165) is 31.7 Å². The molecule has 0 unspecified atom stereocenters. The maximum atomic E-state index is 12.3. The van der Waals surface area contributed by atoms with E-state index in [1.807, 2.05) is 47.4 Å². The summed E-state index contributed by atoms with van der Waals surface area (Å²) >= 11 is 0. The molecular weight excluding hydrogens is 286 g/mol. The molecule has 1 amide bonds. The lowest BCUT2D eigenvalue weighted by atomic mass is 10.1. The second-order valence-corrected chi connectivity index (χ2v) is 5.61. The molecule has 4 heteroatoms. The third-order valence-corrected chi connectivity index (χ3v) is 4.11. The largest absolute Gasteiger partial charge is 0.398 e. The van der Waals surface area contributed by atoms with E-state index >= 15 is 0 Å². The van der Waals surface area contributed by atoms with Gasteiger partial charge < -0.3 is 15.5 Å². The number of anilines is 2. The van der Waals surface area contributed by atoms with E-state index in [9.17, 15) is 4.79 Å². The van der Waals surface area contributed by atoms with Crippen LogP contribution in [0.5, 0.6) is 0 Å². The van der Waals surface area contributed by atoms with Crippen molar-refractivity contribution >= 4 is 23.4 Å². The number of carbonyl (C=O) groups excluding carboxylic acids is 1. The Labute approximate surface area is 136 Å². The summed E-state index contributed by atoms with van der Waals surface area (Å²) in [5.74, 6) is 0.0426. The summed E-state index contributed by atoms with van der Waals surface area (Å²) < 4.78 is 0. The fraction of sp³-hybridized carbons (Fsp3) is 0.211. The van der Waals surface area contributed by atoms with Crippen LogP contribution in [0.25, 0.3) is 6.08 Å². The molecule has 23 heavy (non-hydrogen) atoms. The number of nitrogens with zero attached hydrogens (tertiary/aromatic N) is 2. The first-order chi connectivity index (χ1) is 11.2. The molecule has 1 aliphatic rings. The number of hydrogen-bond acceptors (Lipinski definition) is 3. The Balaban J connectivity index is 1.57. The van der Waals surface area contributed by atoms with Gasteiger partial charge in [-0.25, -0.2) is 0 Å². The van der Waals surface area contributed by atoms with Gasteiger partial charge in [-0.1, -0.05) is 36.4 Å². The van der Waals surface area contributed by atoms with Crippen molar-refractivity contribution in [1.82, 2.24) is 4.90 Å². The van der Waals surface area contributed by atoms with Gasteiger partial charge in [0, 0.05) is 43.6 Å². The smallest absolute Gasteiger partial charge is 0.246 e. The van der Waals surface area contributed by atoms with Crippen molar-refractivity contribution in [3.05, 3.63) is 66.2 Å². The summed E-state index contributed by atoms with van der Waals surface area (Å²) in [5.41, 5.74) is 8.66. The highest BCUT2D eigenvalue weighted by atomic mass is 16.2. The molecule has 2 N–H and O–H groups in total. The van der Waals surface area contributed by atoms with Crippen LogP contribution in [0, 0.1) is 0 Å². The number of nitrogens with two attached hydrogens (primary N) is 1. The van der Waals surface area contributed by atoms with Crippen LogP contribution < -0.4 is 10.6 Å². The van der Waals surface area contributed by atoms with Gasteiger partial charge in [0.1, 0.15) is 0 Å². The van der Waals surface area contributed by atoms with Crippen LogP contribution in [-0.4, -0.2) is 37.0 Å². The number of rotatable bonds is 3. The number of benzene rings is 2. The molecule has 2 aromatic carbocycles. The third-order valence-electron chi connectivity index (χ3n) is 4.11. The Kier molecular flexibility index (Phi) is 4.62. The average molecular weight is 307 g/mol. The first-order valence-electron chi connectivity index (χ1n) is 7.85. The average Bonchev–Trinajstić information content (AvgIpc) is 2.62. The second-order valence-electron chi connectivity index (χ2n) is 5.61. The van der Waals surface area contributed by atoms with E-state index in [2.05, 4.69) is 17.0 Å². The summed E-state index contributed by atoms with van der Waals surface area (Å²) in [6.45, 7) is 3.19. The second kappa shape index (κ2) is 7.01. The molecule has 0 bridgehead atoms. The minimum absolute atomic E-state index is 0.0426. The van der Waals surface area contributed by atoms with E-state index in [1.54, 1.807) is 12.2 Å². The van der Waals surface area contributed by atoms with Gasteiger partial charge in [-0.15, -0.1) is 0 Å². The van der Waals surface area contributed by atoms with Crippen molar-refractivity contribution in [3.63, 3.8) is 0 Å². The lowest BCUT2D eigenvalue weighted by Gasteiger charge is -2.35. The zero-order valence-electron chi connectivity index (χ0n) is 13.1. The molecule has 118 valence electrons. The summed E-state index contributed by atoms with van der Waals surface area (Å²) in [4.78, 5) is 16.5. The molecule has 0 spiro atoms. The summed E-state index contributed by atoms with van der Waals surface area (Å²) in [6, 6.07) is 17.9. The first kappa shape index (κ1) is 15.2. The Bertz CT molecular complexity index is 689. The maximum Gasteiger partial charge on any atom is 0.246 e. The number of amides is 1. The number of carbonyl (C=O) groups is 1. The number of para-hydroxylation sites is 2. The SMILES string of the molecule is Nc1ccccc1/C=C/C(=O)N1CCN(c2ccccc2)CC1. The highest BCUT2D eigenvalue weighted by Crippen LogP contribution is 2.16. The Morgan fingerprint density at radius 3 is 2.26 bits per heavy atom. The van der Waals surface area contributed by atoms with Gasteiger partial charge in [-0.05, 0) is 29.8 Å². The predicted molar refractivity (Wildman–Crippen MR) is 95.1 cm³/mol. The van der Waals surface area contributed by atoms with Gasteiger partial charge in [0.25, 0.3) is 0 Å². The van der Waals surface area contributed by atoms with Crippen LogP contribution >= 0.6 is 0 Å². The zero-order chi connectivity index (χ0) is 16.1. The minimum Gasteiger partial charge on any atom is -0.398 e. The molecule has 0 saturated carbocycles.